The van der Waals surface area contributed by atoms with Crippen molar-refractivity contribution < 1.29 is 24.2 Å². The number of fused-ring (bicyclic) bond motifs is 4. The second kappa shape index (κ2) is 9.72. The van der Waals surface area contributed by atoms with Gasteiger partial charge in [0.25, 0.3) is 0 Å². The molecule has 2 aromatic rings. The van der Waals surface area contributed by atoms with E-state index in [-0.39, 0.29) is 48.8 Å². The van der Waals surface area contributed by atoms with Crippen molar-refractivity contribution in [3.63, 3.8) is 0 Å². The van der Waals surface area contributed by atoms with Gasteiger partial charge in [0, 0.05) is 18.5 Å². The van der Waals surface area contributed by atoms with Crippen LogP contribution in [0.1, 0.15) is 49.7 Å². The van der Waals surface area contributed by atoms with Gasteiger partial charge in [-0.15, -0.1) is 0 Å². The smallest absolute Gasteiger partial charge is 0.407 e. The van der Waals surface area contributed by atoms with Crippen LogP contribution >= 0.6 is 0 Å². The fraction of sp³-hybridized carbons (Fsp3) is 0.464. The number of ether oxygens (including phenoxy) is 1. The van der Waals surface area contributed by atoms with E-state index in [0.717, 1.165) is 17.5 Å². The molecule has 3 N–H and O–H groups in total. The molecule has 0 aromatic heterocycles. The summed E-state index contributed by atoms with van der Waals surface area (Å²) in [5.41, 5.74) is 4.66. The molecule has 0 saturated heterocycles. The first-order valence-electron chi connectivity index (χ1n) is 12.6. The molecule has 3 aliphatic carbocycles. The molecule has 35 heavy (non-hydrogen) atoms. The molecule has 0 spiro atoms. The summed E-state index contributed by atoms with van der Waals surface area (Å²) < 4.78 is 5.58. The highest BCUT2D eigenvalue weighted by Crippen LogP contribution is 2.50. The van der Waals surface area contributed by atoms with Crippen LogP contribution in [0.4, 0.5) is 4.79 Å². The van der Waals surface area contributed by atoms with Gasteiger partial charge in [-0.1, -0.05) is 55.5 Å². The van der Waals surface area contributed by atoms with Crippen LogP contribution in [0.2, 0.25) is 0 Å². The summed E-state index contributed by atoms with van der Waals surface area (Å²) in [6.07, 6.45) is 2.26. The van der Waals surface area contributed by atoms with E-state index in [9.17, 15) is 19.5 Å². The highest BCUT2D eigenvalue weighted by Gasteiger charge is 2.50. The highest BCUT2D eigenvalue weighted by molar-refractivity contribution is 5.81. The molecule has 2 aromatic carbocycles. The lowest BCUT2D eigenvalue weighted by Gasteiger charge is -2.41. The molecule has 7 nitrogen and oxygen atoms in total. The zero-order chi connectivity index (χ0) is 24.5. The van der Waals surface area contributed by atoms with Gasteiger partial charge in [0.15, 0.2) is 0 Å². The number of benzene rings is 2. The first kappa shape index (κ1) is 23.4. The SMILES string of the molecule is CCC(CNC(=O)OCC1c2ccccc2-c2ccccc21)C(=O)NC1CC2CC(C(=O)O)CC21. The first-order valence-corrected chi connectivity index (χ1v) is 12.6. The lowest BCUT2D eigenvalue weighted by atomic mass is 9.71. The maximum Gasteiger partial charge on any atom is 0.407 e. The molecular formula is C28H32N2O5. The lowest BCUT2D eigenvalue weighted by molar-refractivity contribution is -0.141. The van der Waals surface area contributed by atoms with Gasteiger partial charge in [-0.25, -0.2) is 4.79 Å². The normalized spacial score (nSPS) is 24.9. The van der Waals surface area contributed by atoms with E-state index >= 15 is 0 Å². The van der Waals surface area contributed by atoms with Crippen LogP contribution in [0.3, 0.4) is 0 Å². The molecule has 3 aliphatic rings. The number of aliphatic carboxylic acids is 1. The molecule has 0 aliphatic heterocycles. The van der Waals surface area contributed by atoms with Gasteiger partial charge in [0.1, 0.15) is 6.61 Å². The van der Waals surface area contributed by atoms with Crippen molar-refractivity contribution in [1.29, 1.82) is 0 Å². The molecule has 2 fully saturated rings. The molecule has 2 saturated carbocycles. The van der Waals surface area contributed by atoms with Crippen molar-refractivity contribution in [2.24, 2.45) is 23.7 Å². The zero-order valence-electron chi connectivity index (χ0n) is 19.9. The Kier molecular flexibility index (Phi) is 6.50. The third-order valence-electron chi connectivity index (χ3n) is 8.20. The van der Waals surface area contributed by atoms with Crippen molar-refractivity contribution >= 4 is 18.0 Å². The first-order chi connectivity index (χ1) is 17.0. The minimum Gasteiger partial charge on any atom is -0.481 e. The predicted octanol–water partition coefficient (Wildman–Crippen LogP) is 4.17. The predicted molar refractivity (Wildman–Crippen MR) is 131 cm³/mol. The Hall–Kier alpha value is -3.35. The summed E-state index contributed by atoms with van der Waals surface area (Å²) in [7, 11) is 0. The second-order valence-electron chi connectivity index (χ2n) is 10.1. The van der Waals surface area contributed by atoms with Crippen LogP contribution in [0.15, 0.2) is 48.5 Å². The number of carboxylic acids is 1. The maximum atomic E-state index is 12.8. The minimum atomic E-state index is -0.733. The Morgan fingerprint density at radius 3 is 2.29 bits per heavy atom. The highest BCUT2D eigenvalue weighted by atomic mass is 16.5. The van der Waals surface area contributed by atoms with Gasteiger partial charge in [-0.2, -0.15) is 0 Å². The van der Waals surface area contributed by atoms with Crippen LogP contribution in [0.5, 0.6) is 0 Å². The number of hydrogen-bond acceptors (Lipinski definition) is 4. The van der Waals surface area contributed by atoms with E-state index in [2.05, 4.69) is 34.9 Å². The molecule has 0 bridgehead atoms. The Morgan fingerprint density at radius 2 is 1.66 bits per heavy atom. The third-order valence-corrected chi connectivity index (χ3v) is 8.20. The van der Waals surface area contributed by atoms with Crippen molar-refractivity contribution in [2.45, 2.75) is 44.6 Å². The maximum absolute atomic E-state index is 12.8. The van der Waals surface area contributed by atoms with Crippen molar-refractivity contribution in [2.75, 3.05) is 13.2 Å². The topological polar surface area (TPSA) is 105 Å². The van der Waals surface area contributed by atoms with E-state index in [1.807, 2.05) is 31.2 Å². The number of carbonyl (C=O) groups excluding carboxylic acids is 2. The Labute approximate surface area is 205 Å². The fourth-order valence-corrected chi connectivity index (χ4v) is 6.17. The van der Waals surface area contributed by atoms with Crippen LogP contribution in [-0.4, -0.2) is 42.3 Å². The molecule has 5 atom stereocenters. The Bertz CT molecular complexity index is 1090. The van der Waals surface area contributed by atoms with E-state index in [0.29, 0.717) is 25.2 Å². The summed E-state index contributed by atoms with van der Waals surface area (Å²) in [5, 5.41) is 15.1. The molecule has 0 radical (unpaired) electrons. The van der Waals surface area contributed by atoms with Crippen LogP contribution in [-0.2, 0) is 14.3 Å². The Morgan fingerprint density at radius 1 is 1.00 bits per heavy atom. The van der Waals surface area contributed by atoms with Crippen molar-refractivity contribution in [3.05, 3.63) is 59.7 Å². The molecule has 5 unspecified atom stereocenters. The average molecular weight is 477 g/mol. The molecule has 7 heteroatoms. The Balaban J connectivity index is 1.11. The summed E-state index contributed by atoms with van der Waals surface area (Å²) in [4.78, 5) is 36.6. The van der Waals surface area contributed by atoms with Crippen molar-refractivity contribution in [3.8, 4) is 11.1 Å². The standard InChI is InChI=1S/C28H32N2O5/c1-2-16(26(31)30-25-13-17-11-18(27(32)33)12-23(17)25)14-29-28(34)35-15-24-21-9-5-3-7-19(21)20-8-4-6-10-22(20)24/h3-10,16-18,23-25H,2,11-15H2,1H3,(H,29,34)(H,30,31)(H,32,33). The van der Waals surface area contributed by atoms with Crippen molar-refractivity contribution in [1.82, 2.24) is 10.6 Å². The van der Waals surface area contributed by atoms with E-state index in [1.54, 1.807) is 0 Å². The van der Waals surface area contributed by atoms with E-state index < -0.39 is 12.1 Å². The molecule has 2 amide bonds. The van der Waals surface area contributed by atoms with Gasteiger partial charge in [0.2, 0.25) is 5.91 Å². The number of rotatable bonds is 8. The summed E-state index contributed by atoms with van der Waals surface area (Å²) >= 11 is 0. The largest absolute Gasteiger partial charge is 0.481 e. The van der Waals surface area contributed by atoms with Crippen LogP contribution in [0.25, 0.3) is 11.1 Å². The summed E-state index contributed by atoms with van der Waals surface area (Å²) in [6, 6.07) is 16.4. The molecular weight excluding hydrogens is 444 g/mol. The lowest BCUT2D eigenvalue weighted by Crippen LogP contribution is -2.52. The fourth-order valence-electron chi connectivity index (χ4n) is 6.17. The number of amides is 2. The molecule has 5 rings (SSSR count). The monoisotopic (exact) mass is 476 g/mol. The quantitative estimate of drug-likeness (QED) is 0.531. The molecule has 0 heterocycles. The number of alkyl carbamates (subject to hydrolysis) is 1. The van der Waals surface area contributed by atoms with Gasteiger partial charge in [-0.05, 0) is 59.8 Å². The second-order valence-corrected chi connectivity index (χ2v) is 10.1. The van der Waals surface area contributed by atoms with E-state index in [1.165, 1.54) is 11.1 Å². The number of carboxylic acid groups (broad SMARTS) is 1. The third kappa shape index (κ3) is 4.51. The van der Waals surface area contributed by atoms with Gasteiger partial charge >= 0.3 is 12.1 Å². The van der Waals surface area contributed by atoms with Crippen LogP contribution in [0, 0.1) is 23.7 Å². The minimum absolute atomic E-state index is 0.00831. The van der Waals surface area contributed by atoms with Gasteiger partial charge in [-0.3, -0.25) is 9.59 Å². The van der Waals surface area contributed by atoms with Crippen LogP contribution < -0.4 is 10.6 Å². The number of carbonyl (C=O) groups is 3. The van der Waals surface area contributed by atoms with Gasteiger partial charge < -0.3 is 20.5 Å². The number of nitrogens with one attached hydrogen (secondary N) is 2. The molecule has 184 valence electrons. The zero-order valence-corrected chi connectivity index (χ0v) is 19.9. The summed E-state index contributed by atoms with van der Waals surface area (Å²) in [5.74, 6) is -0.814. The number of hydrogen-bond donors (Lipinski definition) is 3. The average Bonchev–Trinajstić information content (AvgIpc) is 3.37. The van der Waals surface area contributed by atoms with E-state index in [4.69, 9.17) is 4.74 Å². The van der Waals surface area contributed by atoms with Gasteiger partial charge in [0.05, 0.1) is 11.8 Å². The summed E-state index contributed by atoms with van der Waals surface area (Å²) in [6.45, 7) is 2.36.